The van der Waals surface area contributed by atoms with Crippen molar-refractivity contribution in [3.8, 4) is 0 Å². The summed E-state index contributed by atoms with van der Waals surface area (Å²) in [6, 6.07) is 13.3. The van der Waals surface area contributed by atoms with Crippen molar-refractivity contribution >= 4 is 22.7 Å². The minimum Gasteiger partial charge on any atom is -0.362 e. The molecule has 0 spiro atoms. The highest BCUT2D eigenvalue weighted by atomic mass is 15.2. The minimum atomic E-state index is 0.454. The largest absolute Gasteiger partial charge is 0.362 e. The van der Waals surface area contributed by atoms with Crippen molar-refractivity contribution in [3.63, 3.8) is 0 Å². The third-order valence-corrected chi connectivity index (χ3v) is 7.01. The van der Waals surface area contributed by atoms with Crippen LogP contribution in [0.15, 0.2) is 36.4 Å². The van der Waals surface area contributed by atoms with Crippen LogP contribution in [0.3, 0.4) is 0 Å². The molecule has 176 valence electrons. The standard InChI is InChI=1S/C28H39N5/c1-19-16-20(2)24(21(3)17-19)14-15-29-18-22-10-12-23(13-11-22)30-28-31-26-9-7-6-8-25(26)27(32-28)33(4)5/h6-9,16-17,22-23,29H,10-15,18H2,1-5H3,(H,30,31,32)/t22-,23+. The Hall–Kier alpha value is -2.66. The first kappa shape index (κ1) is 23.5. The Labute approximate surface area is 199 Å². The molecule has 0 unspecified atom stereocenters. The van der Waals surface area contributed by atoms with Crippen LogP contribution in [0.1, 0.15) is 47.9 Å². The van der Waals surface area contributed by atoms with Gasteiger partial charge < -0.3 is 15.5 Å². The first-order valence-electron chi connectivity index (χ1n) is 12.4. The first-order chi connectivity index (χ1) is 15.9. The number of aromatic nitrogens is 2. The van der Waals surface area contributed by atoms with Gasteiger partial charge in [0.1, 0.15) is 5.82 Å². The van der Waals surface area contributed by atoms with E-state index in [9.17, 15) is 0 Å². The zero-order valence-corrected chi connectivity index (χ0v) is 20.9. The molecule has 0 amide bonds. The maximum Gasteiger partial charge on any atom is 0.225 e. The second-order valence-electron chi connectivity index (χ2n) is 9.98. The van der Waals surface area contributed by atoms with E-state index in [2.05, 4.69) is 60.6 Å². The summed E-state index contributed by atoms with van der Waals surface area (Å²) < 4.78 is 0. The van der Waals surface area contributed by atoms with Crippen molar-refractivity contribution in [2.45, 2.75) is 58.9 Å². The highest BCUT2D eigenvalue weighted by molar-refractivity contribution is 5.90. The van der Waals surface area contributed by atoms with E-state index in [1.807, 2.05) is 26.2 Å². The summed E-state index contributed by atoms with van der Waals surface area (Å²) in [4.78, 5) is 11.7. The van der Waals surface area contributed by atoms with Crippen molar-refractivity contribution in [1.29, 1.82) is 0 Å². The van der Waals surface area contributed by atoms with Gasteiger partial charge in [-0.15, -0.1) is 0 Å². The number of rotatable bonds is 8. The van der Waals surface area contributed by atoms with E-state index in [1.54, 1.807) is 0 Å². The number of para-hydroxylation sites is 1. The molecule has 1 aromatic heterocycles. The molecule has 0 aliphatic heterocycles. The van der Waals surface area contributed by atoms with Gasteiger partial charge in [-0.2, -0.15) is 4.98 Å². The quantitative estimate of drug-likeness (QED) is 0.453. The Morgan fingerprint density at radius 3 is 2.33 bits per heavy atom. The molecule has 0 saturated heterocycles. The number of fused-ring (bicyclic) bond motifs is 1. The van der Waals surface area contributed by atoms with Crippen LogP contribution in [0.5, 0.6) is 0 Å². The molecule has 0 atom stereocenters. The monoisotopic (exact) mass is 445 g/mol. The molecular weight excluding hydrogens is 406 g/mol. The highest BCUT2D eigenvalue weighted by Crippen LogP contribution is 2.28. The molecule has 1 heterocycles. The molecular formula is C28H39N5. The van der Waals surface area contributed by atoms with Crippen molar-refractivity contribution in [1.82, 2.24) is 15.3 Å². The molecule has 2 aromatic carbocycles. The molecule has 4 rings (SSSR count). The van der Waals surface area contributed by atoms with Crippen molar-refractivity contribution in [2.24, 2.45) is 5.92 Å². The Morgan fingerprint density at radius 2 is 1.64 bits per heavy atom. The SMILES string of the molecule is Cc1cc(C)c(CCNC[C@H]2CC[C@@H](Nc3nc(N(C)C)c4ccccc4n3)CC2)c(C)c1. The van der Waals surface area contributed by atoms with Gasteiger partial charge in [-0.25, -0.2) is 4.98 Å². The zero-order chi connectivity index (χ0) is 23.4. The summed E-state index contributed by atoms with van der Waals surface area (Å²) in [5, 5.41) is 8.45. The fraction of sp³-hybridized carbons (Fsp3) is 0.500. The van der Waals surface area contributed by atoms with Crippen LogP contribution < -0.4 is 15.5 Å². The molecule has 1 saturated carbocycles. The maximum atomic E-state index is 4.81. The number of hydrogen-bond donors (Lipinski definition) is 2. The lowest BCUT2D eigenvalue weighted by Crippen LogP contribution is -2.32. The van der Waals surface area contributed by atoms with Crippen LogP contribution in [0, 0.1) is 26.7 Å². The van der Waals surface area contributed by atoms with Crippen molar-refractivity contribution in [3.05, 3.63) is 58.7 Å². The third kappa shape index (κ3) is 5.83. The van der Waals surface area contributed by atoms with Crippen LogP contribution in [-0.4, -0.2) is 43.2 Å². The minimum absolute atomic E-state index is 0.454. The Kier molecular flexibility index (Phi) is 7.49. The second kappa shape index (κ2) is 10.5. The molecule has 3 aromatic rings. The average Bonchev–Trinajstić information content (AvgIpc) is 2.78. The van der Waals surface area contributed by atoms with Gasteiger partial charge in [-0.05, 0) is 101 Å². The Balaban J connectivity index is 1.25. The van der Waals surface area contributed by atoms with E-state index in [0.717, 1.165) is 48.1 Å². The molecule has 0 radical (unpaired) electrons. The van der Waals surface area contributed by atoms with E-state index < -0.39 is 0 Å². The summed E-state index contributed by atoms with van der Waals surface area (Å²) in [7, 11) is 4.08. The number of anilines is 2. The van der Waals surface area contributed by atoms with Crippen molar-refractivity contribution < 1.29 is 0 Å². The van der Waals surface area contributed by atoms with Crippen LogP contribution in [0.4, 0.5) is 11.8 Å². The van der Waals surface area contributed by atoms with Gasteiger partial charge in [0.05, 0.1) is 5.52 Å². The lowest BCUT2D eigenvalue weighted by molar-refractivity contribution is 0.325. The number of hydrogen-bond acceptors (Lipinski definition) is 5. The van der Waals surface area contributed by atoms with E-state index in [4.69, 9.17) is 9.97 Å². The molecule has 5 heteroatoms. The van der Waals surface area contributed by atoms with E-state index in [0.29, 0.717) is 6.04 Å². The molecule has 1 fully saturated rings. The highest BCUT2D eigenvalue weighted by Gasteiger charge is 2.22. The van der Waals surface area contributed by atoms with Gasteiger partial charge in [0, 0.05) is 25.5 Å². The summed E-state index contributed by atoms with van der Waals surface area (Å²) in [6.07, 6.45) is 5.97. The summed E-state index contributed by atoms with van der Waals surface area (Å²) in [5.41, 5.74) is 6.71. The normalized spacial score (nSPS) is 18.5. The molecule has 1 aliphatic carbocycles. The predicted molar refractivity (Wildman–Crippen MR) is 140 cm³/mol. The fourth-order valence-corrected chi connectivity index (χ4v) is 5.28. The van der Waals surface area contributed by atoms with Crippen LogP contribution in [-0.2, 0) is 6.42 Å². The van der Waals surface area contributed by atoms with E-state index in [-0.39, 0.29) is 0 Å². The maximum absolute atomic E-state index is 4.81. The predicted octanol–water partition coefficient (Wildman–Crippen LogP) is 5.42. The van der Waals surface area contributed by atoms with Gasteiger partial charge in [0.15, 0.2) is 0 Å². The van der Waals surface area contributed by atoms with Crippen molar-refractivity contribution in [2.75, 3.05) is 37.4 Å². The van der Waals surface area contributed by atoms with Gasteiger partial charge in [-0.3, -0.25) is 0 Å². The third-order valence-electron chi connectivity index (χ3n) is 7.01. The van der Waals surface area contributed by atoms with E-state index in [1.165, 1.54) is 47.9 Å². The Morgan fingerprint density at radius 1 is 0.939 bits per heavy atom. The zero-order valence-electron chi connectivity index (χ0n) is 20.9. The number of benzene rings is 2. The van der Waals surface area contributed by atoms with Crippen LogP contribution in [0.2, 0.25) is 0 Å². The molecule has 1 aliphatic rings. The fourth-order valence-electron chi connectivity index (χ4n) is 5.28. The summed E-state index contributed by atoms with van der Waals surface area (Å²) in [6.45, 7) is 8.84. The second-order valence-corrected chi connectivity index (χ2v) is 9.98. The average molecular weight is 446 g/mol. The van der Waals surface area contributed by atoms with Gasteiger partial charge in [0.25, 0.3) is 0 Å². The lowest BCUT2D eigenvalue weighted by atomic mass is 9.86. The number of nitrogens with one attached hydrogen (secondary N) is 2. The summed E-state index contributed by atoms with van der Waals surface area (Å²) >= 11 is 0. The van der Waals surface area contributed by atoms with Crippen LogP contribution >= 0.6 is 0 Å². The smallest absolute Gasteiger partial charge is 0.225 e. The molecule has 2 N–H and O–H groups in total. The summed E-state index contributed by atoms with van der Waals surface area (Å²) in [5.74, 6) is 2.49. The number of nitrogens with zero attached hydrogens (tertiary/aromatic N) is 3. The van der Waals surface area contributed by atoms with Gasteiger partial charge >= 0.3 is 0 Å². The Bertz CT molecular complexity index is 1060. The lowest BCUT2D eigenvalue weighted by Gasteiger charge is -2.29. The van der Waals surface area contributed by atoms with Gasteiger partial charge in [-0.1, -0.05) is 29.8 Å². The van der Waals surface area contributed by atoms with Gasteiger partial charge in [0.2, 0.25) is 5.95 Å². The van der Waals surface area contributed by atoms with Crippen LogP contribution in [0.25, 0.3) is 10.9 Å². The molecule has 0 bridgehead atoms. The van der Waals surface area contributed by atoms with E-state index >= 15 is 0 Å². The first-order valence-corrected chi connectivity index (χ1v) is 12.4. The topological polar surface area (TPSA) is 53.1 Å². The molecule has 33 heavy (non-hydrogen) atoms. The number of aryl methyl sites for hydroxylation is 3. The molecule has 5 nitrogen and oxygen atoms in total.